The zero-order chi connectivity index (χ0) is 10.8. The van der Waals surface area contributed by atoms with Gasteiger partial charge in [-0.1, -0.05) is 0 Å². The highest BCUT2D eigenvalue weighted by atomic mass is 32.1. The van der Waals surface area contributed by atoms with E-state index in [1.807, 2.05) is 0 Å². The predicted octanol–water partition coefficient (Wildman–Crippen LogP) is 1.83. The third-order valence-electron chi connectivity index (χ3n) is 2.95. The van der Waals surface area contributed by atoms with Gasteiger partial charge in [-0.15, -0.1) is 11.3 Å². The van der Waals surface area contributed by atoms with Crippen LogP contribution in [0.4, 0.5) is 0 Å². The van der Waals surface area contributed by atoms with Gasteiger partial charge < -0.3 is 10.8 Å². The molecule has 0 spiro atoms. The fraction of sp³-hybridized carbons (Fsp3) is 0.545. The summed E-state index contributed by atoms with van der Waals surface area (Å²) < 4.78 is 0. The Morgan fingerprint density at radius 3 is 3.07 bits per heavy atom. The Kier molecular flexibility index (Phi) is 3.07. The van der Waals surface area contributed by atoms with Gasteiger partial charge in [0, 0.05) is 11.3 Å². The molecule has 0 bridgehead atoms. The Hall–Kier alpha value is -0.870. The number of carbonyl (C=O) groups is 1. The van der Waals surface area contributed by atoms with Crippen LogP contribution in [0.1, 0.15) is 29.2 Å². The monoisotopic (exact) mass is 225 g/mol. The number of nitrogens with two attached hydrogens (primary N) is 1. The molecule has 2 unspecified atom stereocenters. The molecule has 1 heterocycles. The van der Waals surface area contributed by atoms with Crippen LogP contribution in [0.25, 0.3) is 0 Å². The summed E-state index contributed by atoms with van der Waals surface area (Å²) in [6.45, 7) is 0.751. The number of hydrogen-bond acceptors (Lipinski definition) is 3. The third-order valence-corrected chi connectivity index (χ3v) is 4.04. The van der Waals surface area contributed by atoms with Crippen LogP contribution in [0.3, 0.4) is 0 Å². The summed E-state index contributed by atoms with van der Waals surface area (Å²) in [4.78, 5) is 11.9. The number of carboxylic acids is 1. The molecule has 1 saturated carbocycles. The molecule has 3 N–H and O–H groups in total. The van der Waals surface area contributed by atoms with Crippen molar-refractivity contribution >= 4 is 17.3 Å². The van der Waals surface area contributed by atoms with Gasteiger partial charge >= 0.3 is 5.97 Å². The van der Waals surface area contributed by atoms with Crippen molar-refractivity contribution in [2.75, 3.05) is 6.54 Å². The van der Waals surface area contributed by atoms with Gasteiger partial charge in [-0.25, -0.2) is 0 Å². The molecule has 0 aliphatic heterocycles. The zero-order valence-corrected chi connectivity index (χ0v) is 9.30. The minimum absolute atomic E-state index is 0.226. The summed E-state index contributed by atoms with van der Waals surface area (Å²) >= 11 is 1.74. The Morgan fingerprint density at radius 2 is 2.47 bits per heavy atom. The Balaban J connectivity index is 2.00. The lowest BCUT2D eigenvalue weighted by atomic mass is 10.1. The summed E-state index contributed by atoms with van der Waals surface area (Å²) in [6, 6.07) is 2.05. The molecule has 1 aromatic heterocycles. The maximum absolute atomic E-state index is 10.5. The van der Waals surface area contributed by atoms with Crippen molar-refractivity contribution in [3.63, 3.8) is 0 Å². The first-order valence-electron chi connectivity index (χ1n) is 5.20. The van der Waals surface area contributed by atoms with E-state index in [1.165, 1.54) is 16.9 Å². The first-order chi connectivity index (χ1) is 7.22. The molecule has 1 aromatic rings. The van der Waals surface area contributed by atoms with Crippen LogP contribution < -0.4 is 5.73 Å². The lowest BCUT2D eigenvalue weighted by molar-refractivity contribution is -0.136. The molecule has 0 aromatic carbocycles. The molecular weight excluding hydrogens is 210 g/mol. The van der Waals surface area contributed by atoms with Crippen molar-refractivity contribution in [3.8, 4) is 0 Å². The van der Waals surface area contributed by atoms with Gasteiger partial charge in [0.25, 0.3) is 0 Å². The van der Waals surface area contributed by atoms with Gasteiger partial charge in [0.1, 0.15) is 0 Å². The number of aryl methyl sites for hydroxylation is 1. The molecule has 2 atom stereocenters. The molecule has 3 nitrogen and oxygen atoms in total. The van der Waals surface area contributed by atoms with Crippen LogP contribution in [0.2, 0.25) is 0 Å². The highest BCUT2D eigenvalue weighted by molar-refractivity contribution is 7.10. The first kappa shape index (κ1) is 10.6. The summed E-state index contributed by atoms with van der Waals surface area (Å²) in [7, 11) is 0. The third kappa shape index (κ3) is 2.38. The van der Waals surface area contributed by atoms with Gasteiger partial charge in [0.2, 0.25) is 0 Å². The Labute approximate surface area is 92.9 Å². The summed E-state index contributed by atoms with van der Waals surface area (Å²) in [5, 5.41) is 10.7. The van der Waals surface area contributed by atoms with Crippen LogP contribution in [-0.4, -0.2) is 17.6 Å². The Morgan fingerprint density at radius 1 is 1.67 bits per heavy atom. The molecule has 82 valence electrons. The minimum atomic E-state index is -0.724. The van der Waals surface area contributed by atoms with Crippen molar-refractivity contribution < 1.29 is 9.90 Å². The second kappa shape index (κ2) is 4.33. The standard InChI is InChI=1S/C11H15NO2S/c12-6-8-5-9(8)11-7(3-4-15-11)1-2-10(13)14/h3-4,8-9H,1-2,5-6,12H2,(H,13,14). The largest absolute Gasteiger partial charge is 0.481 e. The van der Waals surface area contributed by atoms with Crippen LogP contribution in [0.15, 0.2) is 11.4 Å². The molecule has 2 rings (SSSR count). The van der Waals surface area contributed by atoms with Crippen molar-refractivity contribution in [2.24, 2.45) is 11.7 Å². The van der Waals surface area contributed by atoms with E-state index in [0.717, 1.165) is 6.54 Å². The van der Waals surface area contributed by atoms with Gasteiger partial charge in [-0.2, -0.15) is 0 Å². The molecular formula is C11H15NO2S. The van der Waals surface area contributed by atoms with Gasteiger partial charge in [-0.05, 0) is 48.2 Å². The minimum Gasteiger partial charge on any atom is -0.481 e. The second-order valence-electron chi connectivity index (χ2n) is 4.04. The molecule has 0 radical (unpaired) electrons. The van der Waals surface area contributed by atoms with E-state index in [2.05, 4.69) is 11.4 Å². The highest BCUT2D eigenvalue weighted by Gasteiger charge is 2.38. The lowest BCUT2D eigenvalue weighted by Gasteiger charge is -2.00. The highest BCUT2D eigenvalue weighted by Crippen LogP contribution is 2.49. The maximum atomic E-state index is 10.5. The van der Waals surface area contributed by atoms with E-state index in [4.69, 9.17) is 10.8 Å². The number of hydrogen-bond donors (Lipinski definition) is 2. The number of thiophene rings is 1. The van der Waals surface area contributed by atoms with Gasteiger partial charge in [0.15, 0.2) is 0 Å². The van der Waals surface area contributed by atoms with Gasteiger partial charge in [-0.3, -0.25) is 4.79 Å². The average Bonchev–Trinajstić information content (AvgIpc) is 2.85. The van der Waals surface area contributed by atoms with E-state index in [-0.39, 0.29) is 6.42 Å². The quantitative estimate of drug-likeness (QED) is 0.803. The molecule has 0 amide bonds. The smallest absolute Gasteiger partial charge is 0.303 e. The van der Waals surface area contributed by atoms with Crippen molar-refractivity contribution in [3.05, 3.63) is 21.9 Å². The van der Waals surface area contributed by atoms with Crippen molar-refractivity contribution in [2.45, 2.75) is 25.2 Å². The zero-order valence-electron chi connectivity index (χ0n) is 8.48. The fourth-order valence-electron chi connectivity index (χ4n) is 1.95. The van der Waals surface area contributed by atoms with Crippen LogP contribution in [0.5, 0.6) is 0 Å². The number of aliphatic carboxylic acids is 1. The van der Waals surface area contributed by atoms with Crippen molar-refractivity contribution in [1.29, 1.82) is 0 Å². The molecule has 15 heavy (non-hydrogen) atoms. The van der Waals surface area contributed by atoms with Gasteiger partial charge in [0.05, 0.1) is 0 Å². The molecule has 4 heteroatoms. The summed E-state index contributed by atoms with van der Waals surface area (Å²) in [6.07, 6.45) is 2.06. The van der Waals surface area contributed by atoms with Crippen LogP contribution >= 0.6 is 11.3 Å². The topological polar surface area (TPSA) is 63.3 Å². The molecule has 0 saturated heterocycles. The van der Waals surface area contributed by atoms with E-state index in [1.54, 1.807) is 11.3 Å². The molecule has 1 aliphatic carbocycles. The van der Waals surface area contributed by atoms with E-state index < -0.39 is 5.97 Å². The summed E-state index contributed by atoms with van der Waals surface area (Å²) in [5.74, 6) is 0.518. The van der Waals surface area contributed by atoms with Crippen molar-refractivity contribution in [1.82, 2.24) is 0 Å². The maximum Gasteiger partial charge on any atom is 0.303 e. The van der Waals surface area contributed by atoms with E-state index in [0.29, 0.717) is 18.3 Å². The first-order valence-corrected chi connectivity index (χ1v) is 6.08. The number of carboxylic acid groups (broad SMARTS) is 1. The predicted molar refractivity (Wildman–Crippen MR) is 60.2 cm³/mol. The Bertz CT molecular complexity index is 361. The summed E-state index contributed by atoms with van der Waals surface area (Å²) in [5.41, 5.74) is 6.82. The fourth-order valence-corrected chi connectivity index (χ4v) is 3.11. The van der Waals surface area contributed by atoms with E-state index >= 15 is 0 Å². The molecule has 1 aliphatic rings. The lowest BCUT2D eigenvalue weighted by Crippen LogP contribution is -2.02. The number of rotatable bonds is 5. The second-order valence-corrected chi connectivity index (χ2v) is 4.99. The average molecular weight is 225 g/mol. The van der Waals surface area contributed by atoms with Crippen LogP contribution in [0, 0.1) is 5.92 Å². The van der Waals surface area contributed by atoms with E-state index in [9.17, 15) is 4.79 Å². The normalized spacial score (nSPS) is 24.1. The van der Waals surface area contributed by atoms with Crippen LogP contribution in [-0.2, 0) is 11.2 Å². The molecule has 1 fully saturated rings. The SMILES string of the molecule is NCC1CC1c1sccc1CCC(=O)O.